The summed E-state index contributed by atoms with van der Waals surface area (Å²) in [5.41, 5.74) is 6.17. The summed E-state index contributed by atoms with van der Waals surface area (Å²) in [4.78, 5) is 25.6. The maximum atomic E-state index is 12.4. The van der Waals surface area contributed by atoms with Gasteiger partial charge in [0.1, 0.15) is 0 Å². The molecule has 0 saturated heterocycles. The van der Waals surface area contributed by atoms with Crippen LogP contribution < -0.4 is 11.1 Å². The Morgan fingerprint density at radius 2 is 2.00 bits per heavy atom. The van der Waals surface area contributed by atoms with Gasteiger partial charge in [-0.1, -0.05) is 6.92 Å². The Balaban J connectivity index is 1.87. The second kappa shape index (κ2) is 5.90. The number of carbonyl (C=O) groups excluding carboxylic acids is 2. The van der Waals surface area contributed by atoms with Crippen LogP contribution in [-0.2, 0) is 9.59 Å². The highest BCUT2D eigenvalue weighted by Gasteiger charge is 2.49. The number of hydrogen-bond donors (Lipinski definition) is 2. The van der Waals surface area contributed by atoms with E-state index in [2.05, 4.69) is 5.32 Å². The number of nitrogens with two attached hydrogens (primary N) is 1. The molecule has 4 atom stereocenters. The minimum atomic E-state index is -0.0885. The van der Waals surface area contributed by atoms with Gasteiger partial charge >= 0.3 is 0 Å². The van der Waals surface area contributed by atoms with Gasteiger partial charge in [0.2, 0.25) is 11.8 Å². The second-order valence-electron chi connectivity index (χ2n) is 5.98. The van der Waals surface area contributed by atoms with Gasteiger partial charge in [-0.3, -0.25) is 9.59 Å². The van der Waals surface area contributed by atoms with Crippen LogP contribution in [0.3, 0.4) is 0 Å². The van der Waals surface area contributed by atoms with Crippen LogP contribution in [0.4, 0.5) is 0 Å². The molecule has 2 amide bonds. The summed E-state index contributed by atoms with van der Waals surface area (Å²) >= 11 is 0. The van der Waals surface area contributed by atoms with Gasteiger partial charge in [0.05, 0.1) is 12.5 Å². The first kappa shape index (κ1) is 14.3. The number of nitrogens with zero attached hydrogens (tertiary/aromatic N) is 1. The third-order valence-electron chi connectivity index (χ3n) is 4.59. The van der Waals surface area contributed by atoms with Gasteiger partial charge in [-0.2, -0.15) is 0 Å². The summed E-state index contributed by atoms with van der Waals surface area (Å²) in [6.07, 6.45) is 4.27. The SMILES string of the molecule is CCCNC(=O)CN(C)C(=O)C1C2CCC(C2)C1N. The fourth-order valence-corrected chi connectivity index (χ4v) is 3.57. The molecule has 2 aliphatic carbocycles. The number of carbonyl (C=O) groups is 2. The second-order valence-corrected chi connectivity index (χ2v) is 5.98. The summed E-state index contributed by atoms with van der Waals surface area (Å²) in [6, 6.07) is -0.00703. The van der Waals surface area contributed by atoms with Gasteiger partial charge in [-0.15, -0.1) is 0 Å². The highest BCUT2D eigenvalue weighted by atomic mass is 16.2. The summed E-state index contributed by atoms with van der Waals surface area (Å²) in [6.45, 7) is 2.80. The first-order valence-electron chi connectivity index (χ1n) is 7.31. The number of amides is 2. The van der Waals surface area contributed by atoms with Gasteiger partial charge in [0, 0.05) is 19.6 Å². The van der Waals surface area contributed by atoms with Crippen molar-refractivity contribution in [3.05, 3.63) is 0 Å². The molecule has 0 aromatic rings. The van der Waals surface area contributed by atoms with E-state index >= 15 is 0 Å². The summed E-state index contributed by atoms with van der Waals surface area (Å²) in [5.74, 6) is 0.846. The van der Waals surface area contributed by atoms with Crippen molar-refractivity contribution in [2.75, 3.05) is 20.1 Å². The molecule has 19 heavy (non-hydrogen) atoms. The molecule has 3 N–H and O–H groups in total. The van der Waals surface area contributed by atoms with E-state index in [1.54, 1.807) is 7.05 Å². The van der Waals surface area contributed by atoms with Crippen LogP contribution in [0.25, 0.3) is 0 Å². The molecular weight excluding hydrogens is 242 g/mol. The first-order chi connectivity index (χ1) is 9.04. The van der Waals surface area contributed by atoms with Gasteiger partial charge in [-0.05, 0) is 37.5 Å². The van der Waals surface area contributed by atoms with E-state index in [9.17, 15) is 9.59 Å². The Hall–Kier alpha value is -1.10. The van der Waals surface area contributed by atoms with Crippen LogP contribution in [0, 0.1) is 17.8 Å². The molecule has 0 heterocycles. The fourth-order valence-electron chi connectivity index (χ4n) is 3.57. The van der Waals surface area contributed by atoms with Crippen LogP contribution in [0.15, 0.2) is 0 Å². The molecule has 2 saturated carbocycles. The van der Waals surface area contributed by atoms with E-state index in [0.29, 0.717) is 18.4 Å². The molecule has 108 valence electrons. The zero-order chi connectivity index (χ0) is 14.0. The fraction of sp³-hybridized carbons (Fsp3) is 0.857. The maximum absolute atomic E-state index is 12.4. The smallest absolute Gasteiger partial charge is 0.239 e. The van der Waals surface area contributed by atoms with E-state index in [4.69, 9.17) is 5.73 Å². The average Bonchev–Trinajstić information content (AvgIpc) is 2.96. The largest absolute Gasteiger partial charge is 0.355 e. The van der Waals surface area contributed by atoms with Crippen molar-refractivity contribution in [3.8, 4) is 0 Å². The predicted octanol–water partition coefficient (Wildman–Crippen LogP) is 0.344. The number of rotatable bonds is 5. The molecule has 2 aliphatic rings. The Kier molecular flexibility index (Phi) is 4.45. The third-order valence-corrected chi connectivity index (χ3v) is 4.59. The Labute approximate surface area is 114 Å². The van der Waals surface area contributed by atoms with Crippen molar-refractivity contribution in [2.24, 2.45) is 23.5 Å². The van der Waals surface area contributed by atoms with Crippen LogP contribution in [-0.4, -0.2) is 42.9 Å². The molecule has 2 fully saturated rings. The molecule has 4 unspecified atom stereocenters. The minimum Gasteiger partial charge on any atom is -0.355 e. The van der Waals surface area contributed by atoms with E-state index in [0.717, 1.165) is 25.7 Å². The van der Waals surface area contributed by atoms with Crippen molar-refractivity contribution >= 4 is 11.8 Å². The third kappa shape index (κ3) is 2.91. The summed E-state index contributed by atoms with van der Waals surface area (Å²) in [5, 5.41) is 2.79. The maximum Gasteiger partial charge on any atom is 0.239 e. The summed E-state index contributed by atoms with van der Waals surface area (Å²) < 4.78 is 0. The predicted molar refractivity (Wildman–Crippen MR) is 73.2 cm³/mol. The lowest BCUT2D eigenvalue weighted by atomic mass is 9.84. The number of fused-ring (bicyclic) bond motifs is 2. The minimum absolute atomic E-state index is 0.00703. The molecule has 0 aliphatic heterocycles. The Morgan fingerprint density at radius 3 is 2.58 bits per heavy atom. The van der Waals surface area contributed by atoms with Gasteiger partial charge in [0.25, 0.3) is 0 Å². The number of likely N-dealkylation sites (N-methyl/N-ethyl adjacent to an activating group) is 1. The van der Waals surface area contributed by atoms with E-state index < -0.39 is 0 Å². The molecule has 5 heteroatoms. The van der Waals surface area contributed by atoms with Gasteiger partial charge < -0.3 is 16.0 Å². The van der Waals surface area contributed by atoms with Crippen molar-refractivity contribution < 1.29 is 9.59 Å². The highest BCUT2D eigenvalue weighted by Crippen LogP contribution is 2.48. The Bertz CT molecular complexity index is 357. The van der Waals surface area contributed by atoms with Crippen molar-refractivity contribution in [2.45, 2.75) is 38.6 Å². The van der Waals surface area contributed by atoms with Crippen LogP contribution in [0.2, 0.25) is 0 Å². The van der Waals surface area contributed by atoms with Crippen molar-refractivity contribution in [3.63, 3.8) is 0 Å². The van der Waals surface area contributed by atoms with Crippen LogP contribution in [0.1, 0.15) is 32.6 Å². The van der Waals surface area contributed by atoms with Crippen molar-refractivity contribution in [1.82, 2.24) is 10.2 Å². The topological polar surface area (TPSA) is 75.4 Å². The monoisotopic (exact) mass is 267 g/mol. The lowest BCUT2D eigenvalue weighted by Gasteiger charge is -2.30. The van der Waals surface area contributed by atoms with Crippen LogP contribution >= 0.6 is 0 Å². The van der Waals surface area contributed by atoms with Crippen molar-refractivity contribution in [1.29, 1.82) is 0 Å². The van der Waals surface area contributed by atoms with E-state index in [1.807, 2.05) is 6.92 Å². The number of hydrogen-bond acceptors (Lipinski definition) is 3. The molecule has 0 spiro atoms. The lowest BCUT2D eigenvalue weighted by molar-refractivity contribution is -0.139. The quantitative estimate of drug-likeness (QED) is 0.754. The number of nitrogens with one attached hydrogen (secondary N) is 1. The molecule has 0 aromatic heterocycles. The molecule has 0 radical (unpaired) electrons. The highest BCUT2D eigenvalue weighted by molar-refractivity contribution is 5.86. The Morgan fingerprint density at radius 1 is 1.32 bits per heavy atom. The molecular formula is C14H25N3O2. The molecule has 2 rings (SSSR count). The van der Waals surface area contributed by atoms with E-state index in [1.165, 1.54) is 4.90 Å². The molecule has 0 aromatic carbocycles. The van der Waals surface area contributed by atoms with Gasteiger partial charge in [0.15, 0.2) is 0 Å². The standard InChI is InChI=1S/C14H25N3O2/c1-3-6-16-11(18)8-17(2)14(19)12-9-4-5-10(7-9)13(12)15/h9-10,12-13H,3-8,15H2,1-2H3,(H,16,18). The molecule has 2 bridgehead atoms. The average molecular weight is 267 g/mol. The summed E-state index contributed by atoms with van der Waals surface area (Å²) in [7, 11) is 1.70. The first-order valence-corrected chi connectivity index (χ1v) is 7.31. The van der Waals surface area contributed by atoms with Crippen LogP contribution in [0.5, 0.6) is 0 Å². The normalized spacial score (nSPS) is 32.4. The zero-order valence-electron chi connectivity index (χ0n) is 11.9. The zero-order valence-corrected chi connectivity index (χ0v) is 11.9. The van der Waals surface area contributed by atoms with E-state index in [-0.39, 0.29) is 30.3 Å². The van der Waals surface area contributed by atoms with Gasteiger partial charge in [-0.25, -0.2) is 0 Å². The molecule has 5 nitrogen and oxygen atoms in total. The lowest BCUT2D eigenvalue weighted by Crippen LogP contribution is -2.48.